The van der Waals surface area contributed by atoms with Gasteiger partial charge in [-0.2, -0.15) is 0 Å². The molecule has 2 aliphatic rings. The molecule has 3 aromatic rings. The zero-order valence-electron chi connectivity index (χ0n) is 17.4. The van der Waals surface area contributed by atoms with Gasteiger partial charge < -0.3 is 10.6 Å². The van der Waals surface area contributed by atoms with Gasteiger partial charge in [-0.3, -0.25) is 14.1 Å². The fourth-order valence-corrected chi connectivity index (χ4v) is 5.50. The topological polar surface area (TPSA) is 79.8 Å². The van der Waals surface area contributed by atoms with Gasteiger partial charge in [0, 0.05) is 42.8 Å². The number of hydrogen-bond donors (Lipinski definition) is 1. The molecule has 3 aromatic heterocycles. The monoisotopic (exact) mass is 424 g/mol. The molecule has 0 atom stereocenters. The number of anilines is 1. The van der Waals surface area contributed by atoms with Crippen LogP contribution in [0.4, 0.5) is 5.82 Å². The zero-order valence-corrected chi connectivity index (χ0v) is 18.2. The van der Waals surface area contributed by atoms with E-state index in [9.17, 15) is 4.79 Å². The van der Waals surface area contributed by atoms with E-state index in [1.807, 2.05) is 17.0 Å². The van der Waals surface area contributed by atoms with E-state index in [-0.39, 0.29) is 5.91 Å². The number of hydrogen-bond acceptors (Lipinski definition) is 6. The van der Waals surface area contributed by atoms with E-state index in [0.717, 1.165) is 74.8 Å². The fraction of sp³-hybridized carbons (Fsp3) is 0.500. The SMILES string of the molecule is Cc1nc2sccn2c1CN1CCC(c2ccc(C(=O)N3CCCC3)c(N)n2)CC1. The molecule has 7 nitrogen and oxygen atoms in total. The smallest absolute Gasteiger partial charge is 0.257 e. The minimum absolute atomic E-state index is 0.0230. The number of imidazole rings is 1. The molecule has 5 heterocycles. The molecule has 0 radical (unpaired) electrons. The number of aryl methyl sites for hydroxylation is 1. The molecule has 0 bridgehead atoms. The average Bonchev–Trinajstić information content (AvgIpc) is 3.48. The number of rotatable bonds is 4. The van der Waals surface area contributed by atoms with Gasteiger partial charge in [-0.25, -0.2) is 9.97 Å². The summed E-state index contributed by atoms with van der Waals surface area (Å²) < 4.78 is 2.21. The second-order valence-corrected chi connectivity index (χ2v) is 9.29. The number of nitrogens with zero attached hydrogens (tertiary/aromatic N) is 5. The van der Waals surface area contributed by atoms with Crippen LogP contribution in [0.5, 0.6) is 0 Å². The standard InChI is InChI=1S/C22H28N6OS/c1-15-19(28-12-13-30-22(28)24-15)14-26-10-6-16(7-11-26)18-5-4-17(20(23)25-18)21(29)27-8-2-3-9-27/h4-5,12-13,16H,2-3,6-11,14H2,1H3,(H2,23,25). The molecule has 2 saturated heterocycles. The van der Waals surface area contributed by atoms with Crippen molar-refractivity contribution in [3.63, 3.8) is 0 Å². The van der Waals surface area contributed by atoms with Gasteiger partial charge in [0.05, 0.1) is 17.0 Å². The number of pyridine rings is 1. The Kier molecular flexibility index (Phi) is 5.20. The van der Waals surface area contributed by atoms with Gasteiger partial charge in [-0.15, -0.1) is 11.3 Å². The van der Waals surface area contributed by atoms with Crippen LogP contribution in [0.25, 0.3) is 4.96 Å². The van der Waals surface area contributed by atoms with Crippen molar-refractivity contribution in [2.45, 2.75) is 45.1 Å². The number of thiazole rings is 1. The van der Waals surface area contributed by atoms with Gasteiger partial charge in [-0.05, 0) is 57.8 Å². The zero-order chi connectivity index (χ0) is 20.7. The summed E-state index contributed by atoms with van der Waals surface area (Å²) in [5.41, 5.74) is 10.2. The third-order valence-corrected chi connectivity index (χ3v) is 7.27. The fourth-order valence-electron chi connectivity index (χ4n) is 4.72. The molecule has 2 aliphatic heterocycles. The molecule has 8 heteroatoms. The molecule has 2 fully saturated rings. The first kappa shape index (κ1) is 19.5. The highest BCUT2D eigenvalue weighted by Gasteiger charge is 2.26. The number of likely N-dealkylation sites (tertiary alicyclic amines) is 2. The predicted molar refractivity (Wildman–Crippen MR) is 119 cm³/mol. The Bertz CT molecular complexity index is 1060. The summed E-state index contributed by atoms with van der Waals surface area (Å²) >= 11 is 1.68. The van der Waals surface area contributed by atoms with Gasteiger partial charge in [0.15, 0.2) is 4.96 Å². The van der Waals surface area contributed by atoms with Crippen LogP contribution in [0.15, 0.2) is 23.7 Å². The van der Waals surface area contributed by atoms with Crippen molar-refractivity contribution in [3.8, 4) is 0 Å². The molecule has 0 aromatic carbocycles. The molecular formula is C22H28N6OS. The first-order chi connectivity index (χ1) is 14.6. The normalized spacial score (nSPS) is 18.5. The van der Waals surface area contributed by atoms with E-state index in [0.29, 0.717) is 17.3 Å². The molecule has 158 valence electrons. The second kappa shape index (κ2) is 8.00. The largest absolute Gasteiger partial charge is 0.383 e. The number of carbonyl (C=O) groups excluding carboxylic acids is 1. The van der Waals surface area contributed by atoms with Crippen molar-refractivity contribution in [1.29, 1.82) is 0 Å². The summed E-state index contributed by atoms with van der Waals surface area (Å²) in [7, 11) is 0. The van der Waals surface area contributed by atoms with E-state index in [4.69, 9.17) is 5.73 Å². The maximum Gasteiger partial charge on any atom is 0.257 e. The van der Waals surface area contributed by atoms with Gasteiger partial charge in [-0.1, -0.05) is 0 Å². The highest BCUT2D eigenvalue weighted by molar-refractivity contribution is 7.15. The van der Waals surface area contributed by atoms with Gasteiger partial charge in [0.1, 0.15) is 5.82 Å². The van der Waals surface area contributed by atoms with Crippen molar-refractivity contribution in [2.24, 2.45) is 0 Å². The maximum atomic E-state index is 12.6. The summed E-state index contributed by atoms with van der Waals surface area (Å²) in [6.07, 6.45) is 6.37. The molecule has 0 spiro atoms. The lowest BCUT2D eigenvalue weighted by atomic mass is 9.92. The molecule has 1 amide bonds. The first-order valence-electron chi connectivity index (χ1n) is 10.8. The number of nitrogens with two attached hydrogens (primary N) is 1. The highest BCUT2D eigenvalue weighted by atomic mass is 32.1. The summed E-state index contributed by atoms with van der Waals surface area (Å²) in [4.78, 5) is 27.4. The number of piperidine rings is 1. The van der Waals surface area contributed by atoms with Crippen molar-refractivity contribution >= 4 is 28.0 Å². The molecular weight excluding hydrogens is 396 g/mol. The minimum Gasteiger partial charge on any atom is -0.383 e. The Hall–Kier alpha value is -2.45. The van der Waals surface area contributed by atoms with Crippen LogP contribution >= 0.6 is 11.3 Å². The van der Waals surface area contributed by atoms with Crippen molar-refractivity contribution in [1.82, 2.24) is 24.2 Å². The van der Waals surface area contributed by atoms with Crippen LogP contribution in [0, 0.1) is 6.92 Å². The molecule has 0 aliphatic carbocycles. The van der Waals surface area contributed by atoms with E-state index < -0.39 is 0 Å². The summed E-state index contributed by atoms with van der Waals surface area (Å²) in [6, 6.07) is 3.89. The van der Waals surface area contributed by atoms with Crippen LogP contribution < -0.4 is 5.73 Å². The van der Waals surface area contributed by atoms with Crippen LogP contribution in [-0.4, -0.2) is 56.3 Å². The Balaban J connectivity index is 1.23. The highest BCUT2D eigenvalue weighted by Crippen LogP contribution is 2.30. The average molecular weight is 425 g/mol. The van der Waals surface area contributed by atoms with Crippen LogP contribution in [0.1, 0.15) is 59.0 Å². The van der Waals surface area contributed by atoms with E-state index >= 15 is 0 Å². The molecule has 30 heavy (non-hydrogen) atoms. The summed E-state index contributed by atoms with van der Waals surface area (Å²) in [5.74, 6) is 0.795. The van der Waals surface area contributed by atoms with Crippen molar-refractivity contribution < 1.29 is 4.79 Å². The quantitative estimate of drug-likeness (QED) is 0.695. The minimum atomic E-state index is 0.0230. The summed E-state index contributed by atoms with van der Waals surface area (Å²) in [5, 5.41) is 2.09. The van der Waals surface area contributed by atoms with E-state index in [1.165, 1.54) is 5.69 Å². The Morgan fingerprint density at radius 3 is 2.67 bits per heavy atom. The first-order valence-corrected chi connectivity index (χ1v) is 11.7. The predicted octanol–water partition coefficient (Wildman–Crippen LogP) is 3.30. The lowest BCUT2D eigenvalue weighted by molar-refractivity contribution is 0.0793. The third kappa shape index (κ3) is 3.58. The molecule has 2 N–H and O–H groups in total. The van der Waals surface area contributed by atoms with Crippen LogP contribution in [-0.2, 0) is 6.54 Å². The second-order valence-electron chi connectivity index (χ2n) is 8.42. The lowest BCUT2D eigenvalue weighted by Gasteiger charge is -2.31. The maximum absolute atomic E-state index is 12.6. The molecule has 0 unspecified atom stereocenters. The Morgan fingerprint density at radius 2 is 1.93 bits per heavy atom. The number of fused-ring (bicyclic) bond motifs is 1. The van der Waals surface area contributed by atoms with E-state index in [1.54, 1.807) is 11.3 Å². The lowest BCUT2D eigenvalue weighted by Crippen LogP contribution is -2.33. The van der Waals surface area contributed by atoms with Crippen LogP contribution in [0.2, 0.25) is 0 Å². The number of amides is 1. The third-order valence-electron chi connectivity index (χ3n) is 6.51. The Morgan fingerprint density at radius 1 is 1.17 bits per heavy atom. The Labute approximate surface area is 180 Å². The van der Waals surface area contributed by atoms with Gasteiger partial charge >= 0.3 is 0 Å². The summed E-state index contributed by atoms with van der Waals surface area (Å²) in [6.45, 7) is 6.73. The van der Waals surface area contributed by atoms with Gasteiger partial charge in [0.2, 0.25) is 0 Å². The molecule has 5 rings (SSSR count). The van der Waals surface area contributed by atoms with Crippen LogP contribution in [0.3, 0.4) is 0 Å². The van der Waals surface area contributed by atoms with E-state index in [2.05, 4.69) is 37.8 Å². The van der Waals surface area contributed by atoms with Gasteiger partial charge in [0.25, 0.3) is 5.91 Å². The van der Waals surface area contributed by atoms with Crippen molar-refractivity contribution in [2.75, 3.05) is 31.9 Å². The van der Waals surface area contributed by atoms with Crippen molar-refractivity contribution in [3.05, 3.63) is 46.4 Å². The number of carbonyl (C=O) groups is 1. The number of aromatic nitrogens is 3. The number of nitrogen functional groups attached to an aromatic ring is 1. The molecule has 0 saturated carbocycles.